The Kier molecular flexibility index (Phi) is 4.92. The number of benzene rings is 2. The summed E-state index contributed by atoms with van der Waals surface area (Å²) in [6.07, 6.45) is 1.14. The van der Waals surface area contributed by atoms with Gasteiger partial charge in [-0.2, -0.15) is 0 Å². The molecule has 1 unspecified atom stereocenters. The summed E-state index contributed by atoms with van der Waals surface area (Å²) in [5.74, 6) is 0.903. The highest BCUT2D eigenvalue weighted by atomic mass is 16.3. The highest BCUT2D eigenvalue weighted by molar-refractivity contribution is 5.45. The maximum Gasteiger partial charge on any atom is 0.128 e. The van der Waals surface area contributed by atoms with Crippen LogP contribution in [-0.2, 0) is 6.54 Å². The van der Waals surface area contributed by atoms with Gasteiger partial charge in [-0.25, -0.2) is 4.98 Å². The van der Waals surface area contributed by atoms with Crippen molar-refractivity contribution in [3.63, 3.8) is 0 Å². The lowest BCUT2D eigenvalue weighted by Crippen LogP contribution is -2.18. The van der Waals surface area contributed by atoms with E-state index >= 15 is 0 Å². The molecule has 0 spiro atoms. The highest BCUT2D eigenvalue weighted by Crippen LogP contribution is 2.26. The molecule has 1 N–H and O–H groups in total. The maximum absolute atomic E-state index is 10.6. The number of hydrogen-bond acceptors (Lipinski definition) is 3. The van der Waals surface area contributed by atoms with Crippen molar-refractivity contribution in [2.24, 2.45) is 0 Å². The second-order valence-corrected chi connectivity index (χ2v) is 6.05. The molecule has 0 amide bonds. The molecule has 0 bridgehead atoms. The van der Waals surface area contributed by atoms with Crippen molar-refractivity contribution in [2.75, 3.05) is 11.9 Å². The third kappa shape index (κ3) is 3.63. The van der Waals surface area contributed by atoms with E-state index in [9.17, 15) is 5.11 Å². The van der Waals surface area contributed by atoms with E-state index in [2.05, 4.69) is 22.0 Å². The van der Waals surface area contributed by atoms with Gasteiger partial charge in [-0.1, -0.05) is 60.7 Å². The van der Waals surface area contributed by atoms with Gasteiger partial charge in [-0.3, -0.25) is 0 Å². The largest absolute Gasteiger partial charge is 0.384 e. The van der Waals surface area contributed by atoms with Crippen LogP contribution in [0.3, 0.4) is 0 Å². The monoisotopic (exact) mass is 318 g/mol. The summed E-state index contributed by atoms with van der Waals surface area (Å²) >= 11 is 0. The van der Waals surface area contributed by atoms with Crippen molar-refractivity contribution in [3.8, 4) is 0 Å². The predicted octanol–water partition coefficient (Wildman–Crippen LogP) is 4.11. The summed E-state index contributed by atoms with van der Waals surface area (Å²) < 4.78 is 0. The predicted molar refractivity (Wildman–Crippen MR) is 98.0 cm³/mol. The van der Waals surface area contributed by atoms with Crippen molar-refractivity contribution < 1.29 is 5.11 Å². The molecule has 3 rings (SSSR count). The van der Waals surface area contributed by atoms with Gasteiger partial charge in [0.2, 0.25) is 0 Å². The van der Waals surface area contributed by atoms with Gasteiger partial charge in [0.1, 0.15) is 11.9 Å². The number of aryl methyl sites for hydroxylation is 1. The molecule has 3 heteroatoms. The van der Waals surface area contributed by atoms with Gasteiger partial charge in [0.25, 0.3) is 0 Å². The Morgan fingerprint density at radius 3 is 2.25 bits per heavy atom. The molecule has 1 aromatic heterocycles. The number of aliphatic hydroxyl groups is 1. The summed E-state index contributed by atoms with van der Waals surface area (Å²) in [6, 6.07) is 22.0. The summed E-state index contributed by atoms with van der Waals surface area (Å²) in [6.45, 7) is 2.82. The average molecular weight is 318 g/mol. The number of aromatic nitrogens is 1. The zero-order valence-electron chi connectivity index (χ0n) is 14.1. The number of pyridine rings is 1. The van der Waals surface area contributed by atoms with Gasteiger partial charge in [0.15, 0.2) is 0 Å². The van der Waals surface area contributed by atoms with Crippen molar-refractivity contribution in [1.29, 1.82) is 0 Å². The Bertz CT molecular complexity index is 787. The molecule has 0 saturated carbocycles. The van der Waals surface area contributed by atoms with Crippen LogP contribution in [0.2, 0.25) is 0 Å². The molecule has 0 fully saturated rings. The first-order chi connectivity index (χ1) is 11.6. The van der Waals surface area contributed by atoms with Crippen LogP contribution in [0.25, 0.3) is 0 Å². The van der Waals surface area contributed by atoms with E-state index in [1.807, 2.05) is 68.6 Å². The minimum absolute atomic E-state index is 0.646. The number of hydrogen-bond donors (Lipinski definition) is 1. The zero-order chi connectivity index (χ0) is 16.9. The van der Waals surface area contributed by atoms with Gasteiger partial charge in [0.05, 0.1) is 0 Å². The third-order valence-corrected chi connectivity index (χ3v) is 4.20. The fourth-order valence-corrected chi connectivity index (χ4v) is 2.80. The fourth-order valence-electron chi connectivity index (χ4n) is 2.80. The van der Waals surface area contributed by atoms with E-state index in [0.29, 0.717) is 0 Å². The number of anilines is 1. The molecule has 0 saturated heterocycles. The molecule has 24 heavy (non-hydrogen) atoms. The molecule has 1 heterocycles. The van der Waals surface area contributed by atoms with Gasteiger partial charge in [-0.15, -0.1) is 0 Å². The maximum atomic E-state index is 10.6. The van der Waals surface area contributed by atoms with Crippen LogP contribution >= 0.6 is 0 Å². The molecule has 2 aromatic carbocycles. The molecule has 3 nitrogen and oxygen atoms in total. The van der Waals surface area contributed by atoms with Crippen LogP contribution in [0.5, 0.6) is 0 Å². The summed E-state index contributed by atoms with van der Waals surface area (Å²) in [7, 11) is 2.03. The molecule has 3 aromatic rings. The van der Waals surface area contributed by atoms with E-state index in [0.717, 1.165) is 29.1 Å². The Hall–Kier alpha value is -2.65. The number of nitrogens with zero attached hydrogens (tertiary/aromatic N) is 2. The lowest BCUT2D eigenvalue weighted by atomic mass is 9.99. The third-order valence-electron chi connectivity index (χ3n) is 4.20. The summed E-state index contributed by atoms with van der Waals surface area (Å²) in [5.41, 5.74) is 4.01. The van der Waals surface area contributed by atoms with Crippen LogP contribution in [0.15, 0.2) is 72.9 Å². The Morgan fingerprint density at radius 1 is 1.00 bits per heavy atom. The first-order valence-electron chi connectivity index (χ1n) is 8.10. The van der Waals surface area contributed by atoms with Crippen molar-refractivity contribution in [1.82, 2.24) is 4.98 Å². The van der Waals surface area contributed by atoms with Gasteiger partial charge < -0.3 is 10.0 Å². The van der Waals surface area contributed by atoms with E-state index in [4.69, 9.17) is 0 Å². The molecule has 1 atom stereocenters. The van der Waals surface area contributed by atoms with E-state index in [1.165, 1.54) is 5.56 Å². The van der Waals surface area contributed by atoms with Crippen LogP contribution < -0.4 is 4.90 Å². The Balaban J connectivity index is 1.79. The van der Waals surface area contributed by atoms with Crippen LogP contribution in [0, 0.1) is 6.92 Å². The Morgan fingerprint density at radius 2 is 1.62 bits per heavy atom. The second-order valence-electron chi connectivity index (χ2n) is 6.05. The van der Waals surface area contributed by atoms with Crippen LogP contribution in [0.1, 0.15) is 28.4 Å². The quantitative estimate of drug-likeness (QED) is 0.769. The molecule has 0 radical (unpaired) electrons. The SMILES string of the molecule is Cc1cc(N(C)Cc2ccccc2)ncc1C(O)c1ccccc1. The second kappa shape index (κ2) is 7.28. The first-order valence-corrected chi connectivity index (χ1v) is 8.10. The van der Waals surface area contributed by atoms with E-state index in [-0.39, 0.29) is 0 Å². The first kappa shape index (κ1) is 16.2. The fraction of sp³-hybridized carbons (Fsp3) is 0.190. The lowest BCUT2D eigenvalue weighted by molar-refractivity contribution is 0.219. The minimum Gasteiger partial charge on any atom is -0.384 e. The molecule has 0 aliphatic carbocycles. The average Bonchev–Trinajstić information content (AvgIpc) is 2.62. The topological polar surface area (TPSA) is 36.4 Å². The summed E-state index contributed by atoms with van der Waals surface area (Å²) in [5, 5.41) is 10.6. The molecular weight excluding hydrogens is 296 g/mol. The van der Waals surface area contributed by atoms with Gasteiger partial charge in [-0.05, 0) is 29.7 Å². The van der Waals surface area contributed by atoms with Crippen molar-refractivity contribution in [3.05, 3.63) is 95.2 Å². The standard InChI is InChI=1S/C21H22N2O/c1-16-13-20(23(2)15-17-9-5-3-6-10-17)22-14-19(16)21(24)18-11-7-4-8-12-18/h3-14,21,24H,15H2,1-2H3. The molecule has 0 aliphatic rings. The van der Waals surface area contributed by atoms with E-state index in [1.54, 1.807) is 6.20 Å². The normalized spacial score (nSPS) is 12.0. The number of aliphatic hydroxyl groups excluding tert-OH is 1. The van der Waals surface area contributed by atoms with Crippen LogP contribution in [0.4, 0.5) is 5.82 Å². The van der Waals surface area contributed by atoms with Crippen molar-refractivity contribution in [2.45, 2.75) is 19.6 Å². The van der Waals surface area contributed by atoms with Crippen LogP contribution in [-0.4, -0.2) is 17.1 Å². The van der Waals surface area contributed by atoms with Gasteiger partial charge >= 0.3 is 0 Å². The van der Waals surface area contributed by atoms with Crippen molar-refractivity contribution >= 4 is 5.82 Å². The smallest absolute Gasteiger partial charge is 0.128 e. The van der Waals surface area contributed by atoms with Gasteiger partial charge in [0, 0.05) is 25.4 Å². The summed E-state index contributed by atoms with van der Waals surface area (Å²) in [4.78, 5) is 6.66. The molecular formula is C21H22N2O. The Labute approximate surface area is 143 Å². The highest BCUT2D eigenvalue weighted by Gasteiger charge is 2.14. The molecule has 122 valence electrons. The lowest BCUT2D eigenvalue weighted by Gasteiger charge is -2.21. The van der Waals surface area contributed by atoms with E-state index < -0.39 is 6.10 Å². The molecule has 0 aliphatic heterocycles. The minimum atomic E-state index is -0.646. The number of rotatable bonds is 5. The zero-order valence-corrected chi connectivity index (χ0v) is 14.1.